The van der Waals surface area contributed by atoms with E-state index in [0.29, 0.717) is 12.2 Å². The van der Waals surface area contributed by atoms with Gasteiger partial charge in [-0.15, -0.1) is 5.10 Å². The molecule has 0 atom stereocenters. The number of hydrogen-bond acceptors (Lipinski definition) is 6. The van der Waals surface area contributed by atoms with Crippen LogP contribution in [0.25, 0.3) is 16.8 Å². The number of aromatic nitrogens is 3. The fourth-order valence-electron chi connectivity index (χ4n) is 2.75. The molecule has 0 spiro atoms. The summed E-state index contributed by atoms with van der Waals surface area (Å²) in [5.74, 6) is -0.588. The van der Waals surface area contributed by atoms with Crippen LogP contribution in [0.2, 0.25) is 0 Å². The summed E-state index contributed by atoms with van der Waals surface area (Å²) in [5, 5.41) is 6.95. The smallest absolute Gasteiger partial charge is 0.407 e. The predicted molar refractivity (Wildman–Crippen MR) is 107 cm³/mol. The Labute approximate surface area is 168 Å². The Balaban J connectivity index is 1.88. The van der Waals surface area contributed by atoms with Crippen LogP contribution in [-0.4, -0.2) is 38.9 Å². The number of carbonyl (C=O) groups excluding carboxylic acids is 2. The summed E-state index contributed by atoms with van der Waals surface area (Å²) in [5.41, 5.74) is 2.47. The van der Waals surface area contributed by atoms with Crippen LogP contribution in [0.4, 0.5) is 4.79 Å². The lowest BCUT2D eigenvalue weighted by atomic mass is 10.1. The fourth-order valence-corrected chi connectivity index (χ4v) is 2.75. The van der Waals surface area contributed by atoms with Crippen LogP contribution in [0.1, 0.15) is 43.9 Å². The molecule has 8 heteroatoms. The van der Waals surface area contributed by atoms with Crippen molar-refractivity contribution in [1.82, 2.24) is 19.9 Å². The second-order valence-electron chi connectivity index (χ2n) is 7.40. The lowest BCUT2D eigenvalue weighted by Gasteiger charge is -2.19. The number of esters is 1. The van der Waals surface area contributed by atoms with Crippen molar-refractivity contribution >= 4 is 17.6 Å². The SMILES string of the molecule is CCOC(=O)c1nc(-c2cccc(CNC(=O)OC(C)(C)C)c2)c2cccn2n1. The Kier molecular flexibility index (Phi) is 5.81. The predicted octanol–water partition coefficient (Wildman–Crippen LogP) is 3.60. The quantitative estimate of drug-likeness (QED) is 0.662. The summed E-state index contributed by atoms with van der Waals surface area (Å²) < 4.78 is 11.9. The van der Waals surface area contributed by atoms with Gasteiger partial charge in [0.15, 0.2) is 0 Å². The number of carbonyl (C=O) groups is 2. The lowest BCUT2D eigenvalue weighted by Crippen LogP contribution is -2.32. The maximum Gasteiger partial charge on any atom is 0.407 e. The van der Waals surface area contributed by atoms with Crippen molar-refractivity contribution in [2.24, 2.45) is 0 Å². The maximum absolute atomic E-state index is 12.1. The molecule has 29 heavy (non-hydrogen) atoms. The van der Waals surface area contributed by atoms with E-state index < -0.39 is 17.7 Å². The van der Waals surface area contributed by atoms with Crippen LogP contribution >= 0.6 is 0 Å². The molecule has 0 fully saturated rings. The second kappa shape index (κ2) is 8.30. The van der Waals surface area contributed by atoms with Gasteiger partial charge >= 0.3 is 12.1 Å². The molecule has 1 aromatic carbocycles. The summed E-state index contributed by atoms with van der Waals surface area (Å²) >= 11 is 0. The summed E-state index contributed by atoms with van der Waals surface area (Å²) in [6.07, 6.45) is 1.26. The minimum Gasteiger partial charge on any atom is -0.460 e. The van der Waals surface area contributed by atoms with Crippen molar-refractivity contribution in [3.63, 3.8) is 0 Å². The molecular weight excluding hydrogens is 372 g/mol. The Morgan fingerprint density at radius 3 is 2.69 bits per heavy atom. The molecule has 2 aromatic heterocycles. The highest BCUT2D eigenvalue weighted by Crippen LogP contribution is 2.24. The van der Waals surface area contributed by atoms with Gasteiger partial charge in [0.25, 0.3) is 5.82 Å². The van der Waals surface area contributed by atoms with E-state index in [1.54, 1.807) is 17.6 Å². The number of nitrogens with one attached hydrogen (secondary N) is 1. The molecule has 3 rings (SSSR count). The molecule has 0 saturated heterocycles. The van der Waals surface area contributed by atoms with E-state index in [-0.39, 0.29) is 12.4 Å². The van der Waals surface area contributed by atoms with Crippen molar-refractivity contribution < 1.29 is 19.1 Å². The number of alkyl carbamates (subject to hydrolysis) is 1. The van der Waals surface area contributed by atoms with Gasteiger partial charge in [0, 0.05) is 18.3 Å². The van der Waals surface area contributed by atoms with Crippen LogP contribution in [0.5, 0.6) is 0 Å². The van der Waals surface area contributed by atoms with Gasteiger partial charge in [0.05, 0.1) is 17.8 Å². The van der Waals surface area contributed by atoms with Gasteiger partial charge in [0.1, 0.15) is 5.60 Å². The van der Waals surface area contributed by atoms with Crippen LogP contribution in [-0.2, 0) is 16.0 Å². The van der Waals surface area contributed by atoms with E-state index in [4.69, 9.17) is 9.47 Å². The highest BCUT2D eigenvalue weighted by molar-refractivity contribution is 5.87. The first kappa shape index (κ1) is 20.3. The standard InChI is InChI=1S/C21H24N4O4/c1-5-28-19(26)18-23-17(16-10-7-11-25(16)24-18)15-9-6-8-14(12-15)13-22-20(27)29-21(2,3)4/h6-12H,5,13H2,1-4H3,(H,22,27). The van der Waals surface area contributed by atoms with Crippen molar-refractivity contribution in [3.05, 3.63) is 54.0 Å². The molecule has 0 saturated carbocycles. The van der Waals surface area contributed by atoms with Crippen molar-refractivity contribution in [3.8, 4) is 11.3 Å². The van der Waals surface area contributed by atoms with E-state index >= 15 is 0 Å². The summed E-state index contributed by atoms with van der Waals surface area (Å²) in [6, 6.07) is 11.3. The number of nitrogens with zero attached hydrogens (tertiary/aromatic N) is 3. The molecule has 0 unspecified atom stereocenters. The number of rotatable bonds is 5. The number of hydrogen-bond donors (Lipinski definition) is 1. The monoisotopic (exact) mass is 396 g/mol. The summed E-state index contributed by atoms with van der Waals surface area (Å²) in [7, 11) is 0. The molecule has 2 heterocycles. The molecular formula is C21H24N4O4. The van der Waals surface area contributed by atoms with Crippen LogP contribution in [0, 0.1) is 0 Å². The topological polar surface area (TPSA) is 94.8 Å². The van der Waals surface area contributed by atoms with Crippen molar-refractivity contribution in [1.29, 1.82) is 0 Å². The molecule has 0 radical (unpaired) electrons. The second-order valence-corrected chi connectivity index (χ2v) is 7.40. The van der Waals surface area contributed by atoms with E-state index in [9.17, 15) is 9.59 Å². The third-order valence-electron chi connectivity index (χ3n) is 3.89. The number of fused-ring (bicyclic) bond motifs is 1. The van der Waals surface area contributed by atoms with Gasteiger partial charge in [-0.1, -0.05) is 18.2 Å². The van der Waals surface area contributed by atoms with E-state index in [2.05, 4.69) is 15.4 Å². The molecule has 152 valence electrons. The van der Waals surface area contributed by atoms with E-state index in [1.807, 2.05) is 57.2 Å². The molecule has 0 bridgehead atoms. The lowest BCUT2D eigenvalue weighted by molar-refractivity contribution is 0.0504. The first-order valence-electron chi connectivity index (χ1n) is 9.35. The first-order valence-corrected chi connectivity index (χ1v) is 9.35. The molecule has 0 aliphatic heterocycles. The van der Waals surface area contributed by atoms with Crippen molar-refractivity contribution in [2.75, 3.05) is 6.61 Å². The van der Waals surface area contributed by atoms with Crippen LogP contribution in [0.15, 0.2) is 42.6 Å². The zero-order valence-corrected chi connectivity index (χ0v) is 16.9. The normalized spacial score (nSPS) is 11.3. The van der Waals surface area contributed by atoms with Crippen molar-refractivity contribution in [2.45, 2.75) is 39.8 Å². The Hall–Kier alpha value is -3.42. The largest absolute Gasteiger partial charge is 0.460 e. The Morgan fingerprint density at radius 2 is 1.97 bits per heavy atom. The minimum absolute atomic E-state index is 0.0113. The van der Waals surface area contributed by atoms with Crippen LogP contribution in [0.3, 0.4) is 0 Å². The number of benzene rings is 1. The summed E-state index contributed by atoms with van der Waals surface area (Å²) in [6.45, 7) is 7.71. The fraction of sp³-hybridized carbons (Fsp3) is 0.333. The van der Waals surface area contributed by atoms with Gasteiger partial charge < -0.3 is 14.8 Å². The zero-order chi connectivity index (χ0) is 21.0. The van der Waals surface area contributed by atoms with Gasteiger partial charge in [-0.3, -0.25) is 0 Å². The third kappa shape index (κ3) is 5.10. The van der Waals surface area contributed by atoms with Gasteiger partial charge in [-0.05, 0) is 51.5 Å². The summed E-state index contributed by atoms with van der Waals surface area (Å²) in [4.78, 5) is 28.5. The molecule has 0 aliphatic carbocycles. The number of ether oxygens (including phenoxy) is 2. The Bertz CT molecular complexity index is 1040. The highest BCUT2D eigenvalue weighted by atomic mass is 16.6. The number of amides is 1. The first-order chi connectivity index (χ1) is 13.8. The van der Waals surface area contributed by atoms with Gasteiger partial charge in [-0.2, -0.15) is 0 Å². The molecule has 8 nitrogen and oxygen atoms in total. The van der Waals surface area contributed by atoms with Crippen LogP contribution < -0.4 is 5.32 Å². The maximum atomic E-state index is 12.1. The Morgan fingerprint density at radius 1 is 1.17 bits per heavy atom. The van der Waals surface area contributed by atoms with Gasteiger partial charge in [-0.25, -0.2) is 19.1 Å². The molecule has 1 N–H and O–H groups in total. The average molecular weight is 396 g/mol. The zero-order valence-electron chi connectivity index (χ0n) is 16.9. The molecule has 1 amide bonds. The van der Waals surface area contributed by atoms with E-state index in [1.165, 1.54) is 0 Å². The minimum atomic E-state index is -0.577. The highest BCUT2D eigenvalue weighted by Gasteiger charge is 2.18. The average Bonchev–Trinajstić information content (AvgIpc) is 3.13. The molecule has 3 aromatic rings. The van der Waals surface area contributed by atoms with Gasteiger partial charge in [0.2, 0.25) is 0 Å². The molecule has 0 aliphatic rings. The van der Waals surface area contributed by atoms with E-state index in [0.717, 1.165) is 16.6 Å². The third-order valence-corrected chi connectivity index (χ3v) is 3.89.